The van der Waals surface area contributed by atoms with Gasteiger partial charge in [-0.2, -0.15) is 0 Å². The lowest BCUT2D eigenvalue weighted by Crippen LogP contribution is -2.41. The van der Waals surface area contributed by atoms with Gasteiger partial charge >= 0.3 is 0 Å². The van der Waals surface area contributed by atoms with Crippen LogP contribution < -0.4 is 4.72 Å². The Kier molecular flexibility index (Phi) is 4.85. The first-order chi connectivity index (χ1) is 9.46. The third kappa shape index (κ3) is 3.41. The highest BCUT2D eigenvalue weighted by atomic mass is 32.2. The molecule has 0 aliphatic carbocycles. The summed E-state index contributed by atoms with van der Waals surface area (Å²) in [5, 5.41) is 9.23. The number of aryl methyl sites for hydroxylation is 1. The first-order valence-corrected chi connectivity index (χ1v) is 8.38. The average Bonchev–Trinajstić information content (AvgIpc) is 2.82. The summed E-state index contributed by atoms with van der Waals surface area (Å²) in [6, 6.07) is 1.43. The van der Waals surface area contributed by atoms with Crippen molar-refractivity contribution in [1.29, 1.82) is 0 Å². The molecule has 1 fully saturated rings. The topological polar surface area (TPSA) is 80.6 Å². The lowest BCUT2D eigenvalue weighted by atomic mass is 10.1. The highest BCUT2D eigenvalue weighted by Crippen LogP contribution is 2.19. The van der Waals surface area contributed by atoms with Crippen LogP contribution in [0, 0.1) is 0 Å². The minimum atomic E-state index is -3.54. The van der Waals surface area contributed by atoms with Crippen molar-refractivity contribution < 1.29 is 18.3 Å². The molecular weight excluding hydrogens is 280 g/mol. The second-order valence-corrected chi connectivity index (χ2v) is 6.85. The summed E-state index contributed by atoms with van der Waals surface area (Å²) < 4.78 is 34.6. The third-order valence-corrected chi connectivity index (χ3v) is 5.07. The molecule has 7 heteroatoms. The van der Waals surface area contributed by atoms with Crippen molar-refractivity contribution in [1.82, 2.24) is 9.29 Å². The van der Waals surface area contributed by atoms with Crippen LogP contribution in [0.2, 0.25) is 0 Å². The molecule has 1 aliphatic rings. The van der Waals surface area contributed by atoms with E-state index >= 15 is 0 Å². The fourth-order valence-corrected chi connectivity index (χ4v) is 3.84. The Morgan fingerprint density at radius 1 is 1.55 bits per heavy atom. The van der Waals surface area contributed by atoms with Gasteiger partial charge in [0.25, 0.3) is 0 Å². The molecule has 0 amide bonds. The first kappa shape index (κ1) is 15.5. The number of hydrogen-bond donors (Lipinski definition) is 2. The van der Waals surface area contributed by atoms with Crippen molar-refractivity contribution in [3.8, 4) is 0 Å². The van der Waals surface area contributed by atoms with Gasteiger partial charge in [-0.3, -0.25) is 0 Å². The largest absolute Gasteiger partial charge is 0.390 e. The Morgan fingerprint density at radius 3 is 2.85 bits per heavy atom. The molecule has 2 unspecified atom stereocenters. The van der Waals surface area contributed by atoms with E-state index in [0.717, 1.165) is 0 Å². The van der Waals surface area contributed by atoms with Crippen LogP contribution in [0.4, 0.5) is 0 Å². The summed E-state index contributed by atoms with van der Waals surface area (Å²) in [6.07, 6.45) is 3.01. The first-order valence-electron chi connectivity index (χ1n) is 6.90. The van der Waals surface area contributed by atoms with Gasteiger partial charge in [-0.15, -0.1) is 0 Å². The fraction of sp³-hybridized carbons (Fsp3) is 0.692. The standard InChI is InChI=1S/C13H22N2O4S/c1-3-15-8-13(7-12(15)9-16)20(17,18)14-11-4-5-19-10(2)6-11/h7-8,10-11,14,16H,3-6,9H2,1-2H3. The maximum absolute atomic E-state index is 12.4. The summed E-state index contributed by atoms with van der Waals surface area (Å²) in [5.41, 5.74) is 0.605. The van der Waals surface area contributed by atoms with E-state index in [0.29, 0.717) is 31.7 Å². The Hall–Kier alpha value is -0.890. The van der Waals surface area contributed by atoms with Gasteiger partial charge in [0.15, 0.2) is 0 Å². The fourth-order valence-electron chi connectivity index (χ4n) is 2.49. The summed E-state index contributed by atoms with van der Waals surface area (Å²) in [7, 11) is -3.54. The summed E-state index contributed by atoms with van der Waals surface area (Å²) in [6.45, 7) is 4.88. The van der Waals surface area contributed by atoms with Crippen LogP contribution in [-0.4, -0.2) is 36.8 Å². The number of nitrogens with zero attached hydrogens (tertiary/aromatic N) is 1. The van der Waals surface area contributed by atoms with E-state index in [9.17, 15) is 13.5 Å². The molecule has 2 rings (SSSR count). The Balaban J connectivity index is 2.15. The number of aliphatic hydroxyl groups excluding tert-OH is 1. The van der Waals surface area contributed by atoms with E-state index in [1.807, 2.05) is 13.8 Å². The van der Waals surface area contributed by atoms with E-state index < -0.39 is 10.0 Å². The molecule has 1 aromatic rings. The number of ether oxygens (including phenoxy) is 1. The predicted octanol–water partition coefficient (Wildman–Crippen LogP) is 0.846. The maximum atomic E-state index is 12.4. The third-order valence-electron chi connectivity index (χ3n) is 3.58. The van der Waals surface area contributed by atoms with Crippen LogP contribution in [0.3, 0.4) is 0 Å². The van der Waals surface area contributed by atoms with Gasteiger partial charge in [0.1, 0.15) is 0 Å². The lowest BCUT2D eigenvalue weighted by molar-refractivity contribution is 0.0173. The monoisotopic (exact) mass is 302 g/mol. The van der Waals surface area contributed by atoms with Gasteiger partial charge in [-0.25, -0.2) is 13.1 Å². The summed E-state index contributed by atoms with van der Waals surface area (Å²) in [4.78, 5) is 0.211. The van der Waals surface area contributed by atoms with Crippen LogP contribution in [-0.2, 0) is 27.9 Å². The molecule has 114 valence electrons. The number of aromatic nitrogens is 1. The Bertz CT molecular complexity index is 531. The second kappa shape index (κ2) is 6.26. The second-order valence-electron chi connectivity index (χ2n) is 5.14. The highest BCUT2D eigenvalue weighted by Gasteiger charge is 2.26. The minimum Gasteiger partial charge on any atom is -0.390 e. The predicted molar refractivity (Wildman–Crippen MR) is 74.8 cm³/mol. The molecule has 0 radical (unpaired) electrons. The number of aliphatic hydroxyl groups is 1. The molecule has 0 spiro atoms. The molecule has 2 N–H and O–H groups in total. The van der Waals surface area contributed by atoms with Gasteiger partial charge < -0.3 is 14.4 Å². The molecule has 1 saturated heterocycles. The van der Waals surface area contributed by atoms with Gasteiger partial charge in [0, 0.05) is 31.1 Å². The van der Waals surface area contributed by atoms with Crippen LogP contribution in [0.25, 0.3) is 0 Å². The number of rotatable bonds is 5. The maximum Gasteiger partial charge on any atom is 0.242 e. The normalized spacial score (nSPS) is 23.9. The summed E-state index contributed by atoms with van der Waals surface area (Å²) in [5.74, 6) is 0. The van der Waals surface area contributed by atoms with Gasteiger partial charge in [-0.05, 0) is 32.8 Å². The molecule has 1 aliphatic heterocycles. The quantitative estimate of drug-likeness (QED) is 0.845. The zero-order valence-corrected chi connectivity index (χ0v) is 12.7. The van der Waals surface area contributed by atoms with Crippen molar-refractivity contribution in [3.63, 3.8) is 0 Å². The van der Waals surface area contributed by atoms with Crippen molar-refractivity contribution >= 4 is 10.0 Å². The molecule has 2 atom stereocenters. The number of nitrogens with one attached hydrogen (secondary N) is 1. The van der Waals surface area contributed by atoms with Crippen molar-refractivity contribution in [2.75, 3.05) is 6.61 Å². The molecule has 0 saturated carbocycles. The van der Waals surface area contributed by atoms with Crippen LogP contribution in [0.15, 0.2) is 17.2 Å². The Morgan fingerprint density at radius 2 is 2.30 bits per heavy atom. The molecule has 20 heavy (non-hydrogen) atoms. The molecular formula is C13H22N2O4S. The zero-order chi connectivity index (χ0) is 14.8. The number of hydrogen-bond acceptors (Lipinski definition) is 4. The van der Waals surface area contributed by atoms with Crippen molar-refractivity contribution in [3.05, 3.63) is 18.0 Å². The molecule has 1 aromatic heterocycles. The molecule has 6 nitrogen and oxygen atoms in total. The van der Waals surface area contributed by atoms with Crippen LogP contribution >= 0.6 is 0 Å². The Labute approximate surface area is 119 Å². The smallest absolute Gasteiger partial charge is 0.242 e. The average molecular weight is 302 g/mol. The van der Waals surface area contributed by atoms with Crippen molar-refractivity contribution in [2.45, 2.75) is 56.9 Å². The van der Waals surface area contributed by atoms with Gasteiger partial charge in [-0.1, -0.05) is 0 Å². The van der Waals surface area contributed by atoms with Crippen LogP contribution in [0.5, 0.6) is 0 Å². The van der Waals surface area contributed by atoms with Gasteiger partial charge in [0.2, 0.25) is 10.0 Å². The van der Waals surface area contributed by atoms with E-state index in [1.165, 1.54) is 6.07 Å². The van der Waals surface area contributed by atoms with Crippen LogP contribution in [0.1, 0.15) is 32.4 Å². The van der Waals surface area contributed by atoms with E-state index in [1.54, 1.807) is 10.8 Å². The SMILES string of the molecule is CCn1cc(S(=O)(=O)NC2CCOC(C)C2)cc1CO. The van der Waals surface area contributed by atoms with E-state index in [4.69, 9.17) is 4.74 Å². The van der Waals surface area contributed by atoms with E-state index in [2.05, 4.69) is 4.72 Å². The van der Waals surface area contributed by atoms with E-state index in [-0.39, 0.29) is 23.6 Å². The zero-order valence-electron chi connectivity index (χ0n) is 11.9. The number of sulfonamides is 1. The molecule has 0 bridgehead atoms. The molecule has 2 heterocycles. The summed E-state index contributed by atoms with van der Waals surface area (Å²) >= 11 is 0. The minimum absolute atomic E-state index is 0.0738. The van der Waals surface area contributed by atoms with Crippen molar-refractivity contribution in [2.24, 2.45) is 0 Å². The highest BCUT2D eigenvalue weighted by molar-refractivity contribution is 7.89. The lowest BCUT2D eigenvalue weighted by Gasteiger charge is -2.27. The molecule has 0 aromatic carbocycles. The van der Waals surface area contributed by atoms with Gasteiger partial charge in [0.05, 0.1) is 17.6 Å².